The highest BCUT2D eigenvalue weighted by molar-refractivity contribution is 8.01. The van der Waals surface area contributed by atoms with Crippen LogP contribution in [0, 0.1) is 0 Å². The van der Waals surface area contributed by atoms with Gasteiger partial charge in [0.1, 0.15) is 5.51 Å². The van der Waals surface area contributed by atoms with Crippen LogP contribution in [-0.4, -0.2) is 23.9 Å². The minimum Gasteiger partial charge on any atom is -0.283 e. The molecule has 1 aromatic carbocycles. The molecule has 8 heteroatoms. The van der Waals surface area contributed by atoms with E-state index in [1.165, 1.54) is 23.1 Å². The number of rotatable bonds is 5. The van der Waals surface area contributed by atoms with Gasteiger partial charge in [0.05, 0.1) is 5.25 Å². The standard InChI is InChI=1S/C11H11N3O2S3/c15-19(16,10-5-6-10)14-8-1-3-9(4-2-8)18-11-13-12-7-17-11/h1-4,7,10,14H,5-6H2. The first-order valence-electron chi connectivity index (χ1n) is 5.69. The predicted octanol–water partition coefficient (Wildman–Crippen LogP) is 2.59. The summed E-state index contributed by atoms with van der Waals surface area (Å²) in [6, 6.07) is 7.28. The molecule has 1 saturated carbocycles. The van der Waals surface area contributed by atoms with Crippen molar-refractivity contribution in [3.8, 4) is 0 Å². The molecule has 0 amide bonds. The zero-order valence-electron chi connectivity index (χ0n) is 9.81. The SMILES string of the molecule is O=S(=O)(Nc1ccc(Sc2nncs2)cc1)C1CC1. The molecule has 5 nitrogen and oxygen atoms in total. The zero-order valence-corrected chi connectivity index (χ0v) is 12.3. The molecule has 0 saturated heterocycles. The Morgan fingerprint density at radius 3 is 2.58 bits per heavy atom. The fourth-order valence-electron chi connectivity index (χ4n) is 1.53. The van der Waals surface area contributed by atoms with E-state index in [-0.39, 0.29) is 5.25 Å². The number of sulfonamides is 1. The number of nitrogens with zero attached hydrogens (tertiary/aromatic N) is 2. The number of nitrogens with one attached hydrogen (secondary N) is 1. The second-order valence-corrected chi connectivity index (χ2v) is 8.29. The van der Waals surface area contributed by atoms with Crippen LogP contribution in [0.5, 0.6) is 0 Å². The molecule has 0 atom stereocenters. The van der Waals surface area contributed by atoms with E-state index < -0.39 is 10.0 Å². The lowest BCUT2D eigenvalue weighted by atomic mass is 10.3. The number of benzene rings is 1. The molecule has 0 unspecified atom stereocenters. The minimum absolute atomic E-state index is 0.206. The van der Waals surface area contributed by atoms with E-state index in [1.54, 1.807) is 17.6 Å². The number of aromatic nitrogens is 2. The molecule has 1 fully saturated rings. The predicted molar refractivity (Wildman–Crippen MR) is 76.0 cm³/mol. The molecule has 0 spiro atoms. The molecular weight excluding hydrogens is 302 g/mol. The van der Waals surface area contributed by atoms with Gasteiger partial charge in [0.2, 0.25) is 10.0 Å². The van der Waals surface area contributed by atoms with Gasteiger partial charge in [-0.05, 0) is 37.1 Å². The minimum atomic E-state index is -3.18. The summed E-state index contributed by atoms with van der Waals surface area (Å²) in [4.78, 5) is 1.01. The van der Waals surface area contributed by atoms with E-state index in [0.717, 1.165) is 22.1 Å². The first-order chi connectivity index (χ1) is 9.13. The van der Waals surface area contributed by atoms with E-state index >= 15 is 0 Å². The molecule has 3 rings (SSSR count). The molecule has 0 bridgehead atoms. The van der Waals surface area contributed by atoms with Crippen LogP contribution in [0.2, 0.25) is 0 Å². The Bertz CT molecular complexity index is 649. The van der Waals surface area contributed by atoms with Crippen molar-refractivity contribution >= 4 is 38.8 Å². The maximum Gasteiger partial charge on any atom is 0.235 e. The monoisotopic (exact) mass is 313 g/mol. The van der Waals surface area contributed by atoms with Gasteiger partial charge in [0.15, 0.2) is 4.34 Å². The molecule has 1 aliphatic rings. The molecular formula is C11H11N3O2S3. The lowest BCUT2D eigenvalue weighted by Gasteiger charge is -2.07. The Hall–Kier alpha value is -1.12. The fraction of sp³-hybridized carbons (Fsp3) is 0.273. The highest BCUT2D eigenvalue weighted by Gasteiger charge is 2.35. The van der Waals surface area contributed by atoms with E-state index in [9.17, 15) is 8.42 Å². The van der Waals surface area contributed by atoms with Crippen molar-refractivity contribution in [3.63, 3.8) is 0 Å². The van der Waals surface area contributed by atoms with Gasteiger partial charge in [-0.15, -0.1) is 10.2 Å². The van der Waals surface area contributed by atoms with Gasteiger partial charge in [0, 0.05) is 10.6 Å². The van der Waals surface area contributed by atoms with Gasteiger partial charge < -0.3 is 0 Å². The van der Waals surface area contributed by atoms with Crippen LogP contribution in [0.25, 0.3) is 0 Å². The van der Waals surface area contributed by atoms with Crippen LogP contribution in [0.3, 0.4) is 0 Å². The van der Waals surface area contributed by atoms with Crippen LogP contribution in [0.1, 0.15) is 12.8 Å². The van der Waals surface area contributed by atoms with Crippen molar-refractivity contribution in [2.24, 2.45) is 0 Å². The van der Waals surface area contributed by atoms with Crippen molar-refractivity contribution in [1.82, 2.24) is 10.2 Å². The summed E-state index contributed by atoms with van der Waals surface area (Å²) in [6.45, 7) is 0. The second-order valence-electron chi connectivity index (χ2n) is 4.18. The molecule has 100 valence electrons. The van der Waals surface area contributed by atoms with Crippen LogP contribution < -0.4 is 4.72 Å². The van der Waals surface area contributed by atoms with E-state index in [4.69, 9.17) is 0 Å². The highest BCUT2D eigenvalue weighted by Crippen LogP contribution is 2.31. The van der Waals surface area contributed by atoms with Gasteiger partial charge in [0.25, 0.3) is 0 Å². The van der Waals surface area contributed by atoms with Gasteiger partial charge in [-0.2, -0.15) is 0 Å². The number of anilines is 1. The van der Waals surface area contributed by atoms with Crippen molar-refractivity contribution < 1.29 is 8.42 Å². The summed E-state index contributed by atoms with van der Waals surface area (Å²) >= 11 is 2.98. The molecule has 0 aliphatic heterocycles. The second kappa shape index (κ2) is 5.10. The third-order valence-corrected chi connectivity index (χ3v) is 6.28. The Balaban J connectivity index is 1.68. The van der Waals surface area contributed by atoms with Gasteiger partial charge in [-0.1, -0.05) is 23.1 Å². The van der Waals surface area contributed by atoms with Crippen molar-refractivity contribution in [2.75, 3.05) is 4.72 Å². The van der Waals surface area contributed by atoms with Crippen molar-refractivity contribution in [2.45, 2.75) is 27.3 Å². The lowest BCUT2D eigenvalue weighted by molar-refractivity contribution is 0.600. The average molecular weight is 313 g/mol. The summed E-state index contributed by atoms with van der Waals surface area (Å²) in [5.74, 6) is 0. The number of hydrogen-bond acceptors (Lipinski definition) is 6. The summed E-state index contributed by atoms with van der Waals surface area (Å²) in [5, 5.41) is 7.51. The van der Waals surface area contributed by atoms with E-state index in [2.05, 4.69) is 14.9 Å². The van der Waals surface area contributed by atoms with Crippen LogP contribution in [-0.2, 0) is 10.0 Å². The molecule has 1 heterocycles. The quantitative estimate of drug-likeness (QED) is 0.918. The molecule has 2 aromatic rings. The molecule has 1 N–H and O–H groups in total. The van der Waals surface area contributed by atoms with Gasteiger partial charge in [-0.3, -0.25) is 4.72 Å². The topological polar surface area (TPSA) is 72.0 Å². The number of hydrogen-bond donors (Lipinski definition) is 1. The smallest absolute Gasteiger partial charge is 0.235 e. The molecule has 0 radical (unpaired) electrons. The summed E-state index contributed by atoms with van der Waals surface area (Å²) < 4.78 is 27.0. The lowest BCUT2D eigenvalue weighted by Crippen LogP contribution is -2.17. The van der Waals surface area contributed by atoms with Crippen LogP contribution in [0.4, 0.5) is 5.69 Å². The first kappa shape index (κ1) is 12.9. The maximum atomic E-state index is 11.8. The first-order valence-corrected chi connectivity index (χ1v) is 8.93. The van der Waals surface area contributed by atoms with Crippen molar-refractivity contribution in [1.29, 1.82) is 0 Å². The van der Waals surface area contributed by atoms with E-state index in [1.807, 2.05) is 12.1 Å². The summed E-state index contributed by atoms with van der Waals surface area (Å²) in [7, 11) is -3.18. The maximum absolute atomic E-state index is 11.8. The Morgan fingerprint density at radius 2 is 2.00 bits per heavy atom. The third-order valence-electron chi connectivity index (χ3n) is 2.62. The summed E-state index contributed by atoms with van der Waals surface area (Å²) in [5.41, 5.74) is 2.29. The molecule has 1 aliphatic carbocycles. The largest absolute Gasteiger partial charge is 0.283 e. The van der Waals surface area contributed by atoms with Crippen molar-refractivity contribution in [3.05, 3.63) is 29.8 Å². The third kappa shape index (κ3) is 3.26. The highest BCUT2D eigenvalue weighted by atomic mass is 32.2. The van der Waals surface area contributed by atoms with Gasteiger partial charge >= 0.3 is 0 Å². The fourth-order valence-corrected chi connectivity index (χ4v) is 4.36. The Morgan fingerprint density at radius 1 is 1.26 bits per heavy atom. The van der Waals surface area contributed by atoms with Crippen LogP contribution >= 0.6 is 23.1 Å². The van der Waals surface area contributed by atoms with Gasteiger partial charge in [-0.25, -0.2) is 8.42 Å². The normalized spacial score (nSPS) is 15.4. The zero-order chi connectivity index (χ0) is 13.3. The molecule has 19 heavy (non-hydrogen) atoms. The Labute approximate surface area is 119 Å². The van der Waals surface area contributed by atoms with Crippen LogP contribution in [0.15, 0.2) is 39.0 Å². The van der Waals surface area contributed by atoms with E-state index in [0.29, 0.717) is 5.69 Å². The Kier molecular flexibility index (Phi) is 3.46. The molecule has 1 aromatic heterocycles. The summed E-state index contributed by atoms with van der Waals surface area (Å²) in [6.07, 6.45) is 1.53. The average Bonchev–Trinajstić information content (AvgIpc) is 3.13.